The van der Waals surface area contributed by atoms with Crippen LogP contribution >= 0.6 is 0 Å². The predicted octanol–water partition coefficient (Wildman–Crippen LogP) is 4.04. The standard InChI is InChI=1S/C19H28N2O/c1-15(20-14-16-7-3-2-4-8-16)17-9-5-10-18(13-17)21-12-6-11-19(21)22/h5,9-10,13,15-16,20H,2-4,6-8,11-12,14H2,1H3/t15-/m1/s1. The van der Waals surface area contributed by atoms with E-state index in [9.17, 15) is 4.79 Å². The number of amides is 1. The Morgan fingerprint density at radius 2 is 2.05 bits per heavy atom. The molecular weight excluding hydrogens is 272 g/mol. The number of carbonyl (C=O) groups excluding carboxylic acids is 1. The first-order chi connectivity index (χ1) is 10.7. The van der Waals surface area contributed by atoms with Crippen LogP contribution in [-0.4, -0.2) is 19.0 Å². The van der Waals surface area contributed by atoms with Crippen molar-refractivity contribution < 1.29 is 4.79 Å². The lowest BCUT2D eigenvalue weighted by atomic mass is 9.89. The van der Waals surface area contributed by atoms with E-state index in [1.54, 1.807) is 0 Å². The van der Waals surface area contributed by atoms with E-state index in [2.05, 4.69) is 36.5 Å². The minimum absolute atomic E-state index is 0.264. The van der Waals surface area contributed by atoms with Crippen LogP contribution < -0.4 is 10.2 Å². The summed E-state index contributed by atoms with van der Waals surface area (Å²) >= 11 is 0. The zero-order valence-electron chi connectivity index (χ0n) is 13.7. The average Bonchev–Trinajstić information content (AvgIpc) is 3.00. The first kappa shape index (κ1) is 15.5. The Morgan fingerprint density at radius 1 is 1.23 bits per heavy atom. The molecule has 1 amide bonds. The molecule has 1 heterocycles. The molecular formula is C19H28N2O. The molecule has 0 spiro atoms. The van der Waals surface area contributed by atoms with E-state index in [0.29, 0.717) is 12.5 Å². The predicted molar refractivity (Wildman–Crippen MR) is 91.0 cm³/mol. The van der Waals surface area contributed by atoms with Gasteiger partial charge in [0.2, 0.25) is 5.91 Å². The number of hydrogen-bond acceptors (Lipinski definition) is 2. The van der Waals surface area contributed by atoms with Gasteiger partial charge in [-0.3, -0.25) is 4.79 Å². The quantitative estimate of drug-likeness (QED) is 0.890. The van der Waals surface area contributed by atoms with Gasteiger partial charge in [0.25, 0.3) is 0 Å². The fourth-order valence-corrected chi connectivity index (χ4v) is 3.74. The number of nitrogens with zero attached hydrogens (tertiary/aromatic N) is 1. The Morgan fingerprint density at radius 3 is 2.77 bits per heavy atom. The minimum atomic E-state index is 0.264. The summed E-state index contributed by atoms with van der Waals surface area (Å²) in [5.41, 5.74) is 2.35. The number of hydrogen-bond donors (Lipinski definition) is 1. The molecule has 1 aliphatic carbocycles. The van der Waals surface area contributed by atoms with Crippen molar-refractivity contribution in [1.29, 1.82) is 0 Å². The van der Waals surface area contributed by atoms with Gasteiger partial charge in [0.15, 0.2) is 0 Å². The van der Waals surface area contributed by atoms with Gasteiger partial charge < -0.3 is 10.2 Å². The van der Waals surface area contributed by atoms with E-state index in [0.717, 1.165) is 31.1 Å². The van der Waals surface area contributed by atoms with Crippen LogP contribution in [0.25, 0.3) is 0 Å². The fourth-order valence-electron chi connectivity index (χ4n) is 3.74. The molecule has 1 saturated carbocycles. The second-order valence-electron chi connectivity index (χ2n) is 6.88. The Balaban J connectivity index is 1.59. The number of rotatable bonds is 5. The molecule has 1 saturated heterocycles. The van der Waals surface area contributed by atoms with Gasteiger partial charge >= 0.3 is 0 Å². The molecule has 1 aliphatic heterocycles. The highest BCUT2D eigenvalue weighted by molar-refractivity contribution is 5.95. The zero-order chi connectivity index (χ0) is 15.4. The number of anilines is 1. The van der Waals surface area contributed by atoms with E-state index in [4.69, 9.17) is 0 Å². The highest BCUT2D eigenvalue weighted by Crippen LogP contribution is 2.26. The molecule has 0 radical (unpaired) electrons. The van der Waals surface area contributed by atoms with E-state index in [-0.39, 0.29) is 5.91 Å². The summed E-state index contributed by atoms with van der Waals surface area (Å²) in [7, 11) is 0. The summed E-state index contributed by atoms with van der Waals surface area (Å²) in [6.45, 7) is 4.22. The van der Waals surface area contributed by atoms with Gasteiger partial charge in [-0.1, -0.05) is 31.4 Å². The van der Waals surface area contributed by atoms with E-state index >= 15 is 0 Å². The molecule has 2 aliphatic rings. The van der Waals surface area contributed by atoms with Gasteiger partial charge in [0.05, 0.1) is 0 Å². The summed E-state index contributed by atoms with van der Waals surface area (Å²) in [6.07, 6.45) is 8.64. The summed E-state index contributed by atoms with van der Waals surface area (Å²) in [6, 6.07) is 8.83. The van der Waals surface area contributed by atoms with Gasteiger partial charge in [0, 0.05) is 24.7 Å². The molecule has 0 bridgehead atoms. The van der Waals surface area contributed by atoms with E-state index < -0.39 is 0 Å². The molecule has 3 rings (SSSR count). The van der Waals surface area contributed by atoms with Gasteiger partial charge in [0.1, 0.15) is 0 Å². The summed E-state index contributed by atoms with van der Waals surface area (Å²) < 4.78 is 0. The molecule has 1 atom stereocenters. The molecule has 0 unspecified atom stereocenters. The Hall–Kier alpha value is -1.35. The number of nitrogens with one attached hydrogen (secondary N) is 1. The summed E-state index contributed by atoms with van der Waals surface area (Å²) in [5.74, 6) is 1.11. The van der Waals surface area contributed by atoms with Crippen molar-refractivity contribution in [3.8, 4) is 0 Å². The minimum Gasteiger partial charge on any atom is -0.312 e. The maximum atomic E-state index is 11.9. The maximum absolute atomic E-state index is 11.9. The average molecular weight is 300 g/mol. The van der Waals surface area contributed by atoms with Gasteiger partial charge in [-0.2, -0.15) is 0 Å². The topological polar surface area (TPSA) is 32.3 Å². The molecule has 120 valence electrons. The largest absolute Gasteiger partial charge is 0.312 e. The van der Waals surface area contributed by atoms with Crippen LogP contribution in [0.4, 0.5) is 5.69 Å². The summed E-state index contributed by atoms with van der Waals surface area (Å²) in [5, 5.41) is 3.69. The summed E-state index contributed by atoms with van der Waals surface area (Å²) in [4.78, 5) is 13.8. The smallest absolute Gasteiger partial charge is 0.227 e. The van der Waals surface area contributed by atoms with Crippen molar-refractivity contribution in [3.63, 3.8) is 0 Å². The monoisotopic (exact) mass is 300 g/mol. The van der Waals surface area contributed by atoms with E-state index in [1.165, 1.54) is 37.7 Å². The Bertz CT molecular complexity index is 508. The highest BCUT2D eigenvalue weighted by atomic mass is 16.2. The lowest BCUT2D eigenvalue weighted by Gasteiger charge is -2.25. The van der Waals surface area contributed by atoms with Crippen LogP contribution in [0.3, 0.4) is 0 Å². The molecule has 3 heteroatoms. The molecule has 22 heavy (non-hydrogen) atoms. The zero-order valence-corrected chi connectivity index (χ0v) is 13.7. The first-order valence-electron chi connectivity index (χ1n) is 8.88. The normalized spacial score (nSPS) is 21.3. The van der Waals surface area contributed by atoms with E-state index in [1.807, 2.05) is 4.90 Å². The van der Waals surface area contributed by atoms with Crippen LogP contribution in [0, 0.1) is 5.92 Å². The lowest BCUT2D eigenvalue weighted by Crippen LogP contribution is -2.27. The van der Waals surface area contributed by atoms with Crippen molar-refractivity contribution in [2.24, 2.45) is 5.92 Å². The van der Waals surface area contributed by atoms with Crippen LogP contribution in [-0.2, 0) is 4.79 Å². The van der Waals surface area contributed by atoms with Crippen LogP contribution in [0.5, 0.6) is 0 Å². The van der Waals surface area contributed by atoms with Crippen molar-refractivity contribution in [3.05, 3.63) is 29.8 Å². The van der Waals surface area contributed by atoms with Crippen molar-refractivity contribution in [2.75, 3.05) is 18.0 Å². The molecule has 3 nitrogen and oxygen atoms in total. The van der Waals surface area contributed by atoms with Crippen LogP contribution in [0.15, 0.2) is 24.3 Å². The van der Waals surface area contributed by atoms with Crippen molar-refractivity contribution in [1.82, 2.24) is 5.32 Å². The van der Waals surface area contributed by atoms with Gasteiger partial charge in [-0.05, 0) is 56.3 Å². The third-order valence-corrected chi connectivity index (χ3v) is 5.19. The fraction of sp³-hybridized carbons (Fsp3) is 0.632. The molecule has 1 aromatic carbocycles. The lowest BCUT2D eigenvalue weighted by molar-refractivity contribution is -0.117. The second-order valence-corrected chi connectivity index (χ2v) is 6.88. The third kappa shape index (κ3) is 3.70. The van der Waals surface area contributed by atoms with Crippen molar-refractivity contribution >= 4 is 11.6 Å². The Kier molecular flexibility index (Phi) is 5.14. The highest BCUT2D eigenvalue weighted by Gasteiger charge is 2.22. The first-order valence-corrected chi connectivity index (χ1v) is 8.88. The Labute approximate surface area is 134 Å². The van der Waals surface area contributed by atoms with Crippen LogP contribution in [0.1, 0.15) is 63.5 Å². The third-order valence-electron chi connectivity index (χ3n) is 5.19. The second kappa shape index (κ2) is 7.28. The van der Waals surface area contributed by atoms with Gasteiger partial charge in [-0.25, -0.2) is 0 Å². The molecule has 0 aromatic heterocycles. The SMILES string of the molecule is C[C@@H](NCC1CCCCC1)c1cccc(N2CCCC2=O)c1. The molecule has 1 N–H and O–H groups in total. The molecule has 1 aromatic rings. The number of benzene rings is 1. The van der Waals surface area contributed by atoms with Gasteiger partial charge in [-0.15, -0.1) is 0 Å². The van der Waals surface area contributed by atoms with Crippen LogP contribution in [0.2, 0.25) is 0 Å². The maximum Gasteiger partial charge on any atom is 0.227 e. The number of carbonyl (C=O) groups is 1. The van der Waals surface area contributed by atoms with Crippen molar-refractivity contribution in [2.45, 2.75) is 57.9 Å². The molecule has 2 fully saturated rings.